The number of aromatic nitrogens is 1. The molecular weight excluding hydrogens is 276 g/mol. The van der Waals surface area contributed by atoms with E-state index in [-0.39, 0.29) is 5.91 Å². The van der Waals surface area contributed by atoms with Gasteiger partial charge in [0.25, 0.3) is 5.91 Å². The number of fused-ring (bicyclic) bond motifs is 2. The number of aryl methyl sites for hydroxylation is 1. The van der Waals surface area contributed by atoms with Crippen molar-refractivity contribution in [2.45, 2.75) is 6.54 Å². The lowest BCUT2D eigenvalue weighted by Gasteiger charge is -2.16. The number of anilines is 1. The number of amides is 1. The molecule has 3 aromatic rings. The minimum absolute atomic E-state index is 0.0490. The summed E-state index contributed by atoms with van der Waals surface area (Å²) in [7, 11) is 3.66. The van der Waals surface area contributed by atoms with Crippen molar-refractivity contribution in [3.63, 3.8) is 0 Å². The minimum atomic E-state index is 0.0490. The second kappa shape index (κ2) is 4.63. The molecule has 0 unspecified atom stereocenters. The molecule has 0 radical (unpaired) electrons. The second-order valence-electron chi connectivity index (χ2n) is 5.58. The van der Waals surface area contributed by atoms with Gasteiger partial charge < -0.3 is 14.2 Å². The normalized spacial score (nSPS) is 13.7. The van der Waals surface area contributed by atoms with Crippen LogP contribution in [0.1, 0.15) is 15.9 Å². The van der Waals surface area contributed by atoms with Crippen LogP contribution in [0.3, 0.4) is 0 Å². The maximum Gasteiger partial charge on any atom is 0.258 e. The van der Waals surface area contributed by atoms with Gasteiger partial charge in [-0.05, 0) is 48.0 Å². The molecule has 110 valence electrons. The molecular formula is C18H16N2O2. The number of hydrogen-bond donors (Lipinski definition) is 0. The Hall–Kier alpha value is -2.75. The average Bonchev–Trinajstić information content (AvgIpc) is 3.07. The summed E-state index contributed by atoms with van der Waals surface area (Å²) < 4.78 is 7.32. The first kappa shape index (κ1) is 13.0. The maximum absolute atomic E-state index is 12.6. The SMILES string of the molecule is COc1ccc2c(c1)CN(c1ccc3c(ccn3C)c1)C2=O. The highest BCUT2D eigenvalue weighted by Gasteiger charge is 2.28. The highest BCUT2D eigenvalue weighted by molar-refractivity contribution is 6.10. The van der Waals surface area contributed by atoms with E-state index >= 15 is 0 Å². The lowest BCUT2D eigenvalue weighted by atomic mass is 10.1. The number of methoxy groups -OCH3 is 1. The highest BCUT2D eigenvalue weighted by atomic mass is 16.5. The van der Waals surface area contributed by atoms with E-state index < -0.39 is 0 Å². The van der Waals surface area contributed by atoms with Crippen molar-refractivity contribution < 1.29 is 9.53 Å². The summed E-state index contributed by atoms with van der Waals surface area (Å²) in [5, 5.41) is 1.14. The van der Waals surface area contributed by atoms with E-state index in [0.29, 0.717) is 6.54 Å². The molecule has 1 aromatic heterocycles. The fourth-order valence-electron chi connectivity index (χ4n) is 3.07. The molecule has 1 aliphatic rings. The summed E-state index contributed by atoms with van der Waals surface area (Å²) in [6.45, 7) is 0.587. The van der Waals surface area contributed by atoms with Crippen LogP contribution in [0.2, 0.25) is 0 Å². The van der Waals surface area contributed by atoms with Gasteiger partial charge in [-0.2, -0.15) is 0 Å². The van der Waals surface area contributed by atoms with Crippen molar-refractivity contribution in [3.05, 3.63) is 59.8 Å². The van der Waals surface area contributed by atoms with E-state index in [0.717, 1.165) is 33.5 Å². The molecule has 0 bridgehead atoms. The molecule has 0 atom stereocenters. The molecule has 2 aromatic carbocycles. The zero-order valence-corrected chi connectivity index (χ0v) is 12.5. The predicted octanol–water partition coefficient (Wildman–Crippen LogP) is 3.35. The minimum Gasteiger partial charge on any atom is -0.497 e. The van der Waals surface area contributed by atoms with Crippen LogP contribution >= 0.6 is 0 Å². The van der Waals surface area contributed by atoms with E-state index in [4.69, 9.17) is 4.74 Å². The monoisotopic (exact) mass is 292 g/mol. The van der Waals surface area contributed by atoms with Crippen LogP contribution in [0, 0.1) is 0 Å². The van der Waals surface area contributed by atoms with Gasteiger partial charge >= 0.3 is 0 Å². The first-order valence-corrected chi connectivity index (χ1v) is 7.21. The summed E-state index contributed by atoms with van der Waals surface area (Å²) in [6.07, 6.45) is 2.03. The van der Waals surface area contributed by atoms with Crippen LogP contribution in [0.25, 0.3) is 10.9 Å². The Bertz CT molecular complexity index is 895. The summed E-state index contributed by atoms with van der Waals surface area (Å²) in [4.78, 5) is 14.4. The molecule has 0 spiro atoms. The molecule has 0 aliphatic carbocycles. The van der Waals surface area contributed by atoms with E-state index in [1.54, 1.807) is 7.11 Å². The topological polar surface area (TPSA) is 34.5 Å². The lowest BCUT2D eigenvalue weighted by Crippen LogP contribution is -2.22. The van der Waals surface area contributed by atoms with Gasteiger partial charge in [0.05, 0.1) is 13.7 Å². The number of nitrogens with zero attached hydrogens (tertiary/aromatic N) is 2. The standard InChI is InChI=1S/C18H16N2O2/c1-19-8-7-12-9-14(3-6-17(12)19)20-11-13-10-15(22-2)4-5-16(13)18(20)21/h3-10H,11H2,1-2H3. The average molecular weight is 292 g/mol. The van der Waals surface area contributed by atoms with Gasteiger partial charge in [0.1, 0.15) is 5.75 Å². The molecule has 1 aliphatic heterocycles. The molecule has 4 rings (SSSR count). The van der Waals surface area contributed by atoms with Gasteiger partial charge in [0, 0.05) is 35.4 Å². The number of carbonyl (C=O) groups is 1. The molecule has 0 fully saturated rings. The van der Waals surface area contributed by atoms with Crippen molar-refractivity contribution in [3.8, 4) is 5.75 Å². The van der Waals surface area contributed by atoms with Gasteiger partial charge in [-0.25, -0.2) is 0 Å². The third kappa shape index (κ3) is 1.80. The van der Waals surface area contributed by atoms with E-state index in [2.05, 4.69) is 22.8 Å². The Morgan fingerprint density at radius 3 is 2.77 bits per heavy atom. The quantitative estimate of drug-likeness (QED) is 0.726. The first-order valence-electron chi connectivity index (χ1n) is 7.21. The zero-order valence-electron chi connectivity index (χ0n) is 12.5. The lowest BCUT2D eigenvalue weighted by molar-refractivity contribution is 0.0996. The van der Waals surface area contributed by atoms with E-state index in [1.807, 2.05) is 42.4 Å². The van der Waals surface area contributed by atoms with Crippen LogP contribution < -0.4 is 9.64 Å². The highest BCUT2D eigenvalue weighted by Crippen LogP contribution is 2.32. The van der Waals surface area contributed by atoms with Crippen molar-refractivity contribution in [2.75, 3.05) is 12.0 Å². The number of rotatable bonds is 2. The predicted molar refractivity (Wildman–Crippen MR) is 86.4 cm³/mol. The Balaban J connectivity index is 1.75. The number of ether oxygens (including phenoxy) is 1. The van der Waals surface area contributed by atoms with Crippen LogP contribution in [-0.4, -0.2) is 17.6 Å². The van der Waals surface area contributed by atoms with E-state index in [9.17, 15) is 4.79 Å². The molecule has 0 saturated carbocycles. The Morgan fingerprint density at radius 2 is 1.95 bits per heavy atom. The summed E-state index contributed by atoms with van der Waals surface area (Å²) >= 11 is 0. The van der Waals surface area contributed by atoms with Crippen molar-refractivity contribution in [1.29, 1.82) is 0 Å². The zero-order chi connectivity index (χ0) is 15.3. The van der Waals surface area contributed by atoms with Gasteiger partial charge in [0.15, 0.2) is 0 Å². The van der Waals surface area contributed by atoms with Gasteiger partial charge in [-0.15, -0.1) is 0 Å². The number of hydrogen-bond acceptors (Lipinski definition) is 2. The summed E-state index contributed by atoms with van der Waals surface area (Å²) in [6, 6.07) is 13.8. The first-order chi connectivity index (χ1) is 10.7. The largest absolute Gasteiger partial charge is 0.497 e. The maximum atomic E-state index is 12.6. The molecule has 0 saturated heterocycles. The van der Waals surface area contributed by atoms with E-state index in [1.165, 1.54) is 0 Å². The second-order valence-corrected chi connectivity index (χ2v) is 5.58. The van der Waals surface area contributed by atoms with Crippen molar-refractivity contribution >= 4 is 22.5 Å². The van der Waals surface area contributed by atoms with Crippen molar-refractivity contribution in [1.82, 2.24) is 4.57 Å². The molecule has 22 heavy (non-hydrogen) atoms. The summed E-state index contributed by atoms with van der Waals surface area (Å²) in [5.41, 5.74) is 3.86. The smallest absolute Gasteiger partial charge is 0.258 e. The Kier molecular flexibility index (Phi) is 2.73. The van der Waals surface area contributed by atoms with Crippen LogP contribution in [-0.2, 0) is 13.6 Å². The molecule has 1 amide bonds. The molecule has 4 heteroatoms. The van der Waals surface area contributed by atoms with Gasteiger partial charge in [-0.1, -0.05) is 0 Å². The molecule has 4 nitrogen and oxygen atoms in total. The van der Waals surface area contributed by atoms with Gasteiger partial charge in [-0.3, -0.25) is 4.79 Å². The number of carbonyl (C=O) groups excluding carboxylic acids is 1. The fraction of sp³-hybridized carbons (Fsp3) is 0.167. The van der Waals surface area contributed by atoms with Crippen LogP contribution in [0.4, 0.5) is 5.69 Å². The molecule has 0 N–H and O–H groups in total. The third-order valence-corrected chi connectivity index (χ3v) is 4.30. The third-order valence-electron chi connectivity index (χ3n) is 4.30. The summed E-state index contributed by atoms with van der Waals surface area (Å²) in [5.74, 6) is 0.833. The van der Waals surface area contributed by atoms with Gasteiger partial charge in [0.2, 0.25) is 0 Å². The Labute approximate surface area is 128 Å². The molecule has 2 heterocycles. The van der Waals surface area contributed by atoms with Crippen LogP contribution in [0.15, 0.2) is 48.7 Å². The Morgan fingerprint density at radius 1 is 1.09 bits per heavy atom. The number of benzene rings is 2. The van der Waals surface area contributed by atoms with Crippen molar-refractivity contribution in [2.24, 2.45) is 7.05 Å². The van der Waals surface area contributed by atoms with Crippen LogP contribution in [0.5, 0.6) is 5.75 Å². The fourth-order valence-corrected chi connectivity index (χ4v) is 3.07.